The fourth-order valence-electron chi connectivity index (χ4n) is 6.85. The van der Waals surface area contributed by atoms with Crippen LogP contribution in [0.5, 0.6) is 5.75 Å². The molecule has 1 aromatic rings. The fraction of sp³-hybridized carbons (Fsp3) is 0.606. The van der Waals surface area contributed by atoms with Crippen molar-refractivity contribution in [2.75, 3.05) is 33.4 Å². The van der Waals surface area contributed by atoms with E-state index in [2.05, 4.69) is 66.0 Å². The van der Waals surface area contributed by atoms with Gasteiger partial charge in [-0.05, 0) is 51.1 Å². The van der Waals surface area contributed by atoms with E-state index < -0.39 is 0 Å². The Kier molecular flexibility index (Phi) is 15.2. The maximum atomic E-state index is 10.8. The van der Waals surface area contributed by atoms with Gasteiger partial charge in [0.1, 0.15) is 17.9 Å². The zero-order valence-electron chi connectivity index (χ0n) is 26.8. The minimum atomic E-state index is -0.168. The van der Waals surface area contributed by atoms with Crippen LogP contribution in [0.3, 0.4) is 0 Å². The van der Waals surface area contributed by atoms with Crippen molar-refractivity contribution >= 4 is 37.2 Å². The number of amides is 1. The number of halogens is 1. The number of aliphatic hydroxyl groups is 1. The largest absolute Gasteiger partial charge is 0.489 e. The number of nitriles is 1. The predicted molar refractivity (Wildman–Crippen MR) is 176 cm³/mol. The number of ether oxygens (including phenoxy) is 1. The summed E-state index contributed by atoms with van der Waals surface area (Å²) in [6, 6.07) is 7.68. The summed E-state index contributed by atoms with van der Waals surface area (Å²) < 4.78 is 6.16. The third kappa shape index (κ3) is 10.5. The topological polar surface area (TPSA) is 139 Å². The number of allylic oxidation sites excluding steroid dienone is 1. The fourth-order valence-corrected chi connectivity index (χ4v) is 7.07. The number of hydrogen-bond acceptors (Lipinski definition) is 9. The van der Waals surface area contributed by atoms with Crippen LogP contribution in [0.1, 0.15) is 65.4 Å². The van der Waals surface area contributed by atoms with Gasteiger partial charge in [-0.15, -0.1) is 0 Å². The molecule has 1 amide bonds. The van der Waals surface area contributed by atoms with Gasteiger partial charge in [-0.2, -0.15) is 5.26 Å². The van der Waals surface area contributed by atoms with Gasteiger partial charge in [0.05, 0.1) is 28.9 Å². The molecule has 0 bridgehead atoms. The van der Waals surface area contributed by atoms with E-state index in [1.54, 1.807) is 12.1 Å². The average molecular weight is 629 g/mol. The summed E-state index contributed by atoms with van der Waals surface area (Å²) in [5.41, 5.74) is 0.919. The summed E-state index contributed by atoms with van der Waals surface area (Å²) in [7, 11) is 1.99. The molecule has 2 atom stereocenters. The molecule has 2 fully saturated rings. The first kappa shape index (κ1) is 37.1. The lowest BCUT2D eigenvalue weighted by molar-refractivity contribution is -0.166. The molecule has 0 heterocycles. The average Bonchev–Trinajstić information content (AvgIpc) is 2.98. The van der Waals surface area contributed by atoms with Crippen LogP contribution < -0.4 is 15.4 Å². The molecule has 0 saturated heterocycles. The predicted octanol–water partition coefficient (Wildman–Crippen LogP) is 4.40. The second-order valence-electron chi connectivity index (χ2n) is 12.7. The van der Waals surface area contributed by atoms with Crippen LogP contribution in [0.4, 0.5) is 0 Å². The van der Waals surface area contributed by atoms with Gasteiger partial charge < -0.3 is 20.5 Å². The molecular weight excluding hydrogens is 580 g/mol. The maximum Gasteiger partial charge on any atom is 0.207 e. The Bertz CT molecular complexity index is 1180. The lowest BCUT2D eigenvalue weighted by Crippen LogP contribution is -2.73. The summed E-state index contributed by atoms with van der Waals surface area (Å²) in [6.07, 6.45) is 9.14. The molecular formula is C33H49ClN6O4. The number of nitrogens with zero attached hydrogens (tertiary/aromatic N) is 4. The van der Waals surface area contributed by atoms with Crippen molar-refractivity contribution < 1.29 is 19.4 Å². The zero-order chi connectivity index (χ0) is 32.8. The second kappa shape index (κ2) is 18.0. The van der Waals surface area contributed by atoms with Crippen LogP contribution >= 0.6 is 11.6 Å². The highest BCUT2D eigenvalue weighted by atomic mass is 35.5. The Hall–Kier alpha value is -3.10. The first-order valence-electron chi connectivity index (χ1n) is 15.2. The summed E-state index contributed by atoms with van der Waals surface area (Å²) in [4.78, 5) is 31.1. The SMILES string of the molecule is C=N/C=C(C=O)\C=N/CN(CCNC=O)CCC1CCC[C@@H](O)C1.CNC1C(C)(C)C(Oc2ccc(C#N)c(Cl)c2)C1(C)C. The molecule has 242 valence electrons. The lowest BCUT2D eigenvalue weighted by Gasteiger charge is -2.63. The van der Waals surface area contributed by atoms with E-state index in [1.807, 2.05) is 13.1 Å². The van der Waals surface area contributed by atoms with E-state index in [-0.39, 0.29) is 23.0 Å². The Labute approximate surface area is 267 Å². The van der Waals surface area contributed by atoms with Crippen molar-refractivity contribution in [2.45, 2.75) is 78.0 Å². The van der Waals surface area contributed by atoms with Crippen LogP contribution in [0.2, 0.25) is 5.02 Å². The van der Waals surface area contributed by atoms with Crippen molar-refractivity contribution in [3.63, 3.8) is 0 Å². The molecule has 10 nitrogen and oxygen atoms in total. The summed E-state index contributed by atoms with van der Waals surface area (Å²) in [5.74, 6) is 1.25. The molecule has 3 N–H and O–H groups in total. The second-order valence-corrected chi connectivity index (χ2v) is 13.1. The zero-order valence-corrected chi connectivity index (χ0v) is 27.5. The van der Waals surface area contributed by atoms with Crippen LogP contribution in [0.15, 0.2) is 40.0 Å². The van der Waals surface area contributed by atoms with Gasteiger partial charge in [-0.1, -0.05) is 52.1 Å². The Morgan fingerprint density at radius 3 is 2.55 bits per heavy atom. The number of rotatable bonds is 15. The molecule has 3 rings (SSSR count). The minimum absolute atomic E-state index is 0.0403. The van der Waals surface area contributed by atoms with Gasteiger partial charge in [0.2, 0.25) is 6.41 Å². The van der Waals surface area contributed by atoms with Crippen LogP contribution in [-0.2, 0) is 9.59 Å². The number of aliphatic hydroxyl groups excluding tert-OH is 1. The van der Waals surface area contributed by atoms with Crippen molar-refractivity contribution in [3.05, 3.63) is 40.6 Å². The summed E-state index contributed by atoms with van der Waals surface area (Å²) in [6.45, 7) is 14.6. The molecule has 2 saturated carbocycles. The molecule has 0 radical (unpaired) electrons. The van der Waals surface area contributed by atoms with Gasteiger partial charge in [0.25, 0.3) is 0 Å². The Morgan fingerprint density at radius 1 is 1.25 bits per heavy atom. The molecule has 0 aromatic heterocycles. The first-order valence-corrected chi connectivity index (χ1v) is 15.5. The molecule has 0 aliphatic heterocycles. The van der Waals surface area contributed by atoms with Crippen LogP contribution in [0.25, 0.3) is 0 Å². The van der Waals surface area contributed by atoms with E-state index in [9.17, 15) is 14.7 Å². The van der Waals surface area contributed by atoms with Gasteiger partial charge in [-0.3, -0.25) is 24.5 Å². The van der Waals surface area contributed by atoms with Gasteiger partial charge in [0.15, 0.2) is 6.29 Å². The van der Waals surface area contributed by atoms with Crippen molar-refractivity contribution in [1.29, 1.82) is 5.26 Å². The monoisotopic (exact) mass is 628 g/mol. The normalized spacial score (nSPS) is 23.9. The third-order valence-corrected chi connectivity index (χ3v) is 8.92. The summed E-state index contributed by atoms with van der Waals surface area (Å²) in [5, 5.41) is 25.1. The first-order chi connectivity index (χ1) is 20.9. The third-order valence-electron chi connectivity index (χ3n) is 8.61. The number of carbonyl (C=O) groups excluding carboxylic acids is 2. The number of nitrogens with one attached hydrogen (secondary N) is 2. The highest BCUT2D eigenvalue weighted by molar-refractivity contribution is 6.31. The highest BCUT2D eigenvalue weighted by Gasteiger charge is 2.62. The molecule has 0 spiro atoms. The number of hydrogen-bond donors (Lipinski definition) is 3. The highest BCUT2D eigenvalue weighted by Crippen LogP contribution is 2.55. The van der Waals surface area contributed by atoms with E-state index in [0.29, 0.717) is 60.6 Å². The van der Waals surface area contributed by atoms with E-state index in [0.717, 1.165) is 44.4 Å². The number of carbonyl (C=O) groups is 2. The van der Waals surface area contributed by atoms with E-state index in [4.69, 9.17) is 21.6 Å². The molecule has 44 heavy (non-hydrogen) atoms. The van der Waals surface area contributed by atoms with Crippen molar-refractivity contribution in [1.82, 2.24) is 15.5 Å². The number of benzene rings is 1. The Balaban J connectivity index is 0.000000311. The van der Waals surface area contributed by atoms with Crippen molar-refractivity contribution in [2.24, 2.45) is 26.7 Å². The van der Waals surface area contributed by atoms with Crippen molar-refractivity contribution in [3.8, 4) is 11.8 Å². The molecule has 1 unspecified atom stereocenters. The van der Waals surface area contributed by atoms with E-state index in [1.165, 1.54) is 12.4 Å². The number of aliphatic imine (C=N–C) groups is 2. The van der Waals surface area contributed by atoms with Gasteiger partial charge in [-0.25, -0.2) is 0 Å². The lowest BCUT2D eigenvalue weighted by atomic mass is 9.49. The number of aldehydes is 1. The minimum Gasteiger partial charge on any atom is -0.489 e. The molecule has 2 aliphatic rings. The van der Waals surface area contributed by atoms with Gasteiger partial charge in [0, 0.05) is 55.0 Å². The smallest absolute Gasteiger partial charge is 0.207 e. The molecule has 11 heteroatoms. The van der Waals surface area contributed by atoms with E-state index >= 15 is 0 Å². The molecule has 1 aromatic carbocycles. The maximum absolute atomic E-state index is 10.8. The van der Waals surface area contributed by atoms with Crippen LogP contribution in [-0.4, -0.2) is 87.2 Å². The standard InChI is InChI=1S/C17H28N4O3.C16H21ClN2O/c1-18-10-16(12-22)11-20-13-21(8-6-19-14-23)7-5-15-3-2-4-17(24)9-15;1-15(2)13(19-5)16(3,4)14(15)20-11-7-6-10(9-18)12(17)8-11/h10-12,14-15,17,24H,1-9,13H2,(H,19,23);6-8,13-14,19H,1-5H3/b16-10+,20-11-;/t15?,17-;/m1./s1. The molecule has 2 aliphatic carbocycles. The Morgan fingerprint density at radius 2 is 1.98 bits per heavy atom. The van der Waals surface area contributed by atoms with Gasteiger partial charge >= 0.3 is 0 Å². The summed E-state index contributed by atoms with van der Waals surface area (Å²) >= 11 is 6.06. The van der Waals surface area contributed by atoms with Crippen LogP contribution in [0, 0.1) is 28.1 Å². The quantitative estimate of drug-likeness (QED) is 0.113.